The zero-order valence-corrected chi connectivity index (χ0v) is 12.0. The van der Waals surface area contributed by atoms with Crippen LogP contribution < -0.4 is 4.90 Å². The highest BCUT2D eigenvalue weighted by Gasteiger charge is 2.67. The molecule has 5 nitrogen and oxygen atoms in total. The number of benzene rings is 1. The Hall–Kier alpha value is -1.92. The van der Waals surface area contributed by atoms with E-state index in [4.69, 9.17) is 16.3 Å². The Kier molecular flexibility index (Phi) is 2.68. The zero-order valence-electron chi connectivity index (χ0n) is 11.2. The normalized spacial score (nSPS) is 35.3. The second-order valence-corrected chi connectivity index (χ2v) is 6.17. The lowest BCUT2D eigenvalue weighted by atomic mass is 9.77. The van der Waals surface area contributed by atoms with Gasteiger partial charge >= 0.3 is 5.97 Å². The van der Waals surface area contributed by atoms with Crippen LogP contribution in [0.5, 0.6) is 0 Å². The number of amides is 1. The van der Waals surface area contributed by atoms with Gasteiger partial charge in [0.1, 0.15) is 17.3 Å². The molecule has 7 heteroatoms. The van der Waals surface area contributed by atoms with Gasteiger partial charge in [0, 0.05) is 5.69 Å². The molecule has 114 valence electrons. The smallest absolute Gasteiger partial charge is 0.310 e. The third kappa shape index (κ3) is 1.62. The van der Waals surface area contributed by atoms with Crippen molar-refractivity contribution in [2.24, 2.45) is 11.8 Å². The van der Waals surface area contributed by atoms with Gasteiger partial charge in [0.15, 0.2) is 0 Å². The van der Waals surface area contributed by atoms with Crippen LogP contribution >= 0.6 is 11.6 Å². The largest absolute Gasteiger partial charge is 0.481 e. The van der Waals surface area contributed by atoms with Crippen LogP contribution in [0.4, 0.5) is 10.1 Å². The van der Waals surface area contributed by atoms with Crippen molar-refractivity contribution in [3.05, 3.63) is 41.2 Å². The fourth-order valence-electron chi connectivity index (χ4n) is 3.65. The van der Waals surface area contributed by atoms with Crippen molar-refractivity contribution in [3.8, 4) is 0 Å². The fourth-order valence-corrected chi connectivity index (χ4v) is 3.77. The van der Waals surface area contributed by atoms with Crippen molar-refractivity contribution in [1.29, 1.82) is 0 Å². The van der Waals surface area contributed by atoms with E-state index in [1.807, 2.05) is 0 Å². The van der Waals surface area contributed by atoms with Crippen molar-refractivity contribution in [2.45, 2.75) is 11.7 Å². The molecule has 2 bridgehead atoms. The van der Waals surface area contributed by atoms with E-state index in [1.54, 1.807) is 12.2 Å². The van der Waals surface area contributed by atoms with Gasteiger partial charge in [0.05, 0.1) is 23.6 Å². The minimum Gasteiger partial charge on any atom is -0.481 e. The number of hydrogen-bond donors (Lipinski definition) is 1. The number of ether oxygens (including phenoxy) is 1. The predicted molar refractivity (Wildman–Crippen MR) is 75.1 cm³/mol. The lowest BCUT2D eigenvalue weighted by Gasteiger charge is -2.21. The molecule has 4 atom stereocenters. The van der Waals surface area contributed by atoms with Gasteiger partial charge < -0.3 is 14.7 Å². The van der Waals surface area contributed by atoms with Crippen LogP contribution in [0.3, 0.4) is 0 Å². The molecule has 3 heterocycles. The summed E-state index contributed by atoms with van der Waals surface area (Å²) in [5.41, 5.74) is -0.582. The van der Waals surface area contributed by atoms with Crippen LogP contribution in [0.2, 0.25) is 5.02 Å². The molecular weight excluding hydrogens is 313 g/mol. The SMILES string of the molecule is O=C(O)[C@H]1[C@H]2C=C[C@@]3(CN(c4ccc(Cl)c(F)c4)C(=O)[C@@H]13)O2. The number of hydrogen-bond acceptors (Lipinski definition) is 3. The monoisotopic (exact) mass is 323 g/mol. The number of aliphatic carboxylic acids is 1. The Bertz CT molecular complexity index is 736. The van der Waals surface area contributed by atoms with Crippen molar-refractivity contribution >= 4 is 29.2 Å². The second-order valence-electron chi connectivity index (χ2n) is 5.76. The average Bonchev–Trinajstić information content (AvgIpc) is 3.10. The van der Waals surface area contributed by atoms with E-state index in [0.717, 1.165) is 0 Å². The highest BCUT2D eigenvalue weighted by Crippen LogP contribution is 2.52. The summed E-state index contributed by atoms with van der Waals surface area (Å²) in [5.74, 6) is -3.73. The van der Waals surface area contributed by atoms with E-state index < -0.39 is 35.3 Å². The summed E-state index contributed by atoms with van der Waals surface area (Å²) >= 11 is 5.65. The molecule has 1 aromatic carbocycles. The molecule has 0 aliphatic carbocycles. The third-order valence-electron chi connectivity index (χ3n) is 4.60. The number of carboxylic acid groups (broad SMARTS) is 1. The topological polar surface area (TPSA) is 66.8 Å². The Morgan fingerprint density at radius 1 is 1.50 bits per heavy atom. The maximum atomic E-state index is 13.6. The van der Waals surface area contributed by atoms with E-state index in [1.165, 1.54) is 23.1 Å². The number of nitrogens with zero attached hydrogens (tertiary/aromatic N) is 1. The average molecular weight is 324 g/mol. The summed E-state index contributed by atoms with van der Waals surface area (Å²) < 4.78 is 19.4. The van der Waals surface area contributed by atoms with Crippen LogP contribution in [-0.4, -0.2) is 35.2 Å². The standard InChI is InChI=1S/C15H11ClFNO4/c16-8-2-1-7(5-9(8)17)18-6-15-4-3-10(22-15)11(14(20)21)12(15)13(18)19/h1-5,10-12H,6H2,(H,20,21)/t10-,11+,12-,15+/m1/s1. The molecule has 22 heavy (non-hydrogen) atoms. The first-order valence-electron chi connectivity index (χ1n) is 6.79. The quantitative estimate of drug-likeness (QED) is 0.844. The second kappa shape index (κ2) is 4.30. The highest BCUT2D eigenvalue weighted by molar-refractivity contribution is 6.30. The molecular formula is C15H11ClFNO4. The Labute approximate surface area is 129 Å². The predicted octanol–water partition coefficient (Wildman–Crippen LogP) is 1.85. The van der Waals surface area contributed by atoms with E-state index in [2.05, 4.69) is 0 Å². The molecule has 4 rings (SSSR count). The van der Waals surface area contributed by atoms with Crippen LogP contribution in [0.1, 0.15) is 0 Å². The number of anilines is 1. The van der Waals surface area contributed by atoms with Gasteiger partial charge in [0.2, 0.25) is 5.91 Å². The minimum absolute atomic E-state index is 0.0331. The molecule has 3 aliphatic heterocycles. The lowest BCUT2D eigenvalue weighted by Crippen LogP contribution is -2.39. The highest BCUT2D eigenvalue weighted by atomic mass is 35.5. The number of carboxylic acids is 1. The zero-order chi connectivity index (χ0) is 15.6. The summed E-state index contributed by atoms with van der Waals surface area (Å²) in [4.78, 5) is 25.5. The first-order valence-corrected chi connectivity index (χ1v) is 7.17. The maximum absolute atomic E-state index is 13.6. The number of fused-ring (bicyclic) bond motifs is 1. The van der Waals surface area contributed by atoms with E-state index in [-0.39, 0.29) is 17.5 Å². The number of rotatable bonds is 2. The van der Waals surface area contributed by atoms with Crippen molar-refractivity contribution in [3.63, 3.8) is 0 Å². The van der Waals surface area contributed by atoms with Crippen LogP contribution in [0.15, 0.2) is 30.4 Å². The molecule has 1 amide bonds. The van der Waals surface area contributed by atoms with Gasteiger partial charge in [-0.25, -0.2) is 4.39 Å². The van der Waals surface area contributed by atoms with Crippen molar-refractivity contribution in [1.82, 2.24) is 0 Å². The summed E-state index contributed by atoms with van der Waals surface area (Å²) in [6, 6.07) is 4.07. The van der Waals surface area contributed by atoms with Crippen LogP contribution in [0.25, 0.3) is 0 Å². The molecule has 0 unspecified atom stereocenters. The number of halogens is 2. The van der Waals surface area contributed by atoms with Gasteiger partial charge in [-0.2, -0.15) is 0 Å². The van der Waals surface area contributed by atoms with Gasteiger partial charge in [0.25, 0.3) is 0 Å². The summed E-state index contributed by atoms with van der Waals surface area (Å²) in [6.07, 6.45) is 2.87. The number of carbonyl (C=O) groups excluding carboxylic acids is 1. The van der Waals surface area contributed by atoms with Gasteiger partial charge in [-0.1, -0.05) is 23.8 Å². The Morgan fingerprint density at radius 2 is 2.27 bits per heavy atom. The van der Waals surface area contributed by atoms with Crippen LogP contribution in [0, 0.1) is 17.7 Å². The first kappa shape index (κ1) is 13.7. The third-order valence-corrected chi connectivity index (χ3v) is 4.91. The molecule has 1 N–H and O–H groups in total. The lowest BCUT2D eigenvalue weighted by molar-refractivity contribution is -0.146. The molecule has 0 saturated carbocycles. The Balaban J connectivity index is 1.74. The van der Waals surface area contributed by atoms with Crippen molar-refractivity contribution < 1.29 is 23.8 Å². The van der Waals surface area contributed by atoms with Gasteiger partial charge in [-0.05, 0) is 18.2 Å². The molecule has 1 aromatic rings. The van der Waals surface area contributed by atoms with Crippen molar-refractivity contribution in [2.75, 3.05) is 11.4 Å². The summed E-state index contributed by atoms with van der Waals surface area (Å²) in [6.45, 7) is 0.175. The first-order chi connectivity index (χ1) is 10.4. The summed E-state index contributed by atoms with van der Waals surface area (Å²) in [7, 11) is 0. The van der Waals surface area contributed by atoms with E-state index in [0.29, 0.717) is 5.69 Å². The number of carbonyl (C=O) groups is 2. The molecule has 0 radical (unpaired) electrons. The Morgan fingerprint density at radius 3 is 2.95 bits per heavy atom. The fraction of sp³-hybridized carbons (Fsp3) is 0.333. The molecule has 0 aromatic heterocycles. The van der Waals surface area contributed by atoms with Gasteiger partial charge in [-0.15, -0.1) is 0 Å². The minimum atomic E-state index is -1.06. The van der Waals surface area contributed by atoms with Crippen LogP contribution in [-0.2, 0) is 14.3 Å². The summed E-state index contributed by atoms with van der Waals surface area (Å²) in [5, 5.41) is 9.34. The molecule has 3 aliphatic rings. The van der Waals surface area contributed by atoms with E-state index >= 15 is 0 Å². The molecule has 2 saturated heterocycles. The maximum Gasteiger partial charge on any atom is 0.310 e. The van der Waals surface area contributed by atoms with Gasteiger partial charge in [-0.3, -0.25) is 9.59 Å². The molecule has 2 fully saturated rings. The molecule has 1 spiro atoms. The van der Waals surface area contributed by atoms with E-state index in [9.17, 15) is 19.1 Å².